The van der Waals surface area contributed by atoms with Crippen LogP contribution in [0, 0.1) is 0 Å². The SMILES string of the molecule is CCCCCN=C(NCC)NC1CCN(c2cccs2)CC1.I. The van der Waals surface area contributed by atoms with E-state index in [-0.39, 0.29) is 24.0 Å². The molecular formula is C17H31IN4S. The molecule has 0 atom stereocenters. The minimum Gasteiger partial charge on any atom is -0.363 e. The molecule has 1 aromatic rings. The minimum atomic E-state index is 0. The quantitative estimate of drug-likeness (QED) is 0.285. The van der Waals surface area contributed by atoms with Crippen molar-refractivity contribution in [1.29, 1.82) is 0 Å². The van der Waals surface area contributed by atoms with E-state index in [0.717, 1.165) is 32.1 Å². The number of halogens is 1. The lowest BCUT2D eigenvalue weighted by molar-refractivity contribution is 0.462. The monoisotopic (exact) mass is 450 g/mol. The highest BCUT2D eigenvalue weighted by molar-refractivity contribution is 14.0. The molecule has 2 rings (SSSR count). The number of aliphatic imine (C=N–C) groups is 1. The fourth-order valence-electron chi connectivity index (χ4n) is 2.76. The van der Waals surface area contributed by atoms with Crippen LogP contribution in [0.3, 0.4) is 0 Å². The van der Waals surface area contributed by atoms with Gasteiger partial charge < -0.3 is 15.5 Å². The number of unbranched alkanes of at least 4 members (excludes halogenated alkanes) is 2. The fraction of sp³-hybridized carbons (Fsp3) is 0.706. The van der Waals surface area contributed by atoms with Crippen LogP contribution in [0.2, 0.25) is 0 Å². The van der Waals surface area contributed by atoms with Crippen LogP contribution in [0.25, 0.3) is 0 Å². The molecule has 0 saturated carbocycles. The molecule has 6 heteroatoms. The van der Waals surface area contributed by atoms with Gasteiger partial charge in [-0.1, -0.05) is 19.8 Å². The molecule has 1 aliphatic rings. The first kappa shape index (κ1) is 20.5. The van der Waals surface area contributed by atoms with Gasteiger partial charge in [-0.15, -0.1) is 35.3 Å². The lowest BCUT2D eigenvalue weighted by Gasteiger charge is -2.33. The predicted molar refractivity (Wildman–Crippen MR) is 114 cm³/mol. The summed E-state index contributed by atoms with van der Waals surface area (Å²) in [5, 5.41) is 10.5. The number of hydrogen-bond donors (Lipinski definition) is 2. The standard InChI is InChI=1S/C17H30N4S.HI/c1-3-5-6-11-19-17(18-4-2)20-15-9-12-21(13-10-15)16-8-7-14-22-16;/h7-8,14-15H,3-6,9-13H2,1-2H3,(H2,18,19,20);1H. The van der Waals surface area contributed by atoms with Crippen molar-refractivity contribution < 1.29 is 0 Å². The zero-order valence-electron chi connectivity index (χ0n) is 14.4. The number of nitrogens with one attached hydrogen (secondary N) is 2. The smallest absolute Gasteiger partial charge is 0.191 e. The van der Waals surface area contributed by atoms with Crippen LogP contribution < -0.4 is 15.5 Å². The Bertz CT molecular complexity index is 428. The van der Waals surface area contributed by atoms with E-state index in [1.807, 2.05) is 11.3 Å². The summed E-state index contributed by atoms with van der Waals surface area (Å²) in [5.41, 5.74) is 0. The number of piperidine rings is 1. The molecule has 2 N–H and O–H groups in total. The maximum Gasteiger partial charge on any atom is 0.191 e. The first-order valence-corrected chi connectivity index (χ1v) is 9.54. The van der Waals surface area contributed by atoms with Crippen molar-refractivity contribution in [2.45, 2.75) is 52.0 Å². The minimum absolute atomic E-state index is 0. The van der Waals surface area contributed by atoms with Crippen molar-refractivity contribution in [2.24, 2.45) is 4.99 Å². The summed E-state index contributed by atoms with van der Waals surface area (Å²) in [6, 6.07) is 4.90. The molecule has 1 saturated heterocycles. The number of anilines is 1. The third-order valence-electron chi connectivity index (χ3n) is 4.03. The Hall–Kier alpha value is -0.500. The third-order valence-corrected chi connectivity index (χ3v) is 4.96. The van der Waals surface area contributed by atoms with E-state index < -0.39 is 0 Å². The zero-order valence-corrected chi connectivity index (χ0v) is 17.5. The Kier molecular flexibility index (Phi) is 10.7. The molecule has 0 aromatic carbocycles. The van der Waals surface area contributed by atoms with Gasteiger partial charge in [-0.3, -0.25) is 4.99 Å². The second kappa shape index (κ2) is 11.9. The van der Waals surface area contributed by atoms with Crippen LogP contribution in [0.5, 0.6) is 0 Å². The number of hydrogen-bond acceptors (Lipinski definition) is 3. The first-order chi connectivity index (χ1) is 10.8. The van der Waals surface area contributed by atoms with E-state index in [9.17, 15) is 0 Å². The third kappa shape index (κ3) is 7.28. The van der Waals surface area contributed by atoms with E-state index in [1.165, 1.54) is 37.1 Å². The van der Waals surface area contributed by atoms with Gasteiger partial charge in [0, 0.05) is 32.2 Å². The number of rotatable bonds is 7. The Morgan fingerprint density at radius 2 is 2.09 bits per heavy atom. The molecule has 1 aromatic heterocycles. The Morgan fingerprint density at radius 3 is 2.70 bits per heavy atom. The molecule has 0 spiro atoms. The Labute approximate surface area is 162 Å². The van der Waals surface area contributed by atoms with Gasteiger partial charge in [-0.05, 0) is 43.7 Å². The predicted octanol–water partition coefficient (Wildman–Crippen LogP) is 4.08. The van der Waals surface area contributed by atoms with Crippen molar-refractivity contribution in [1.82, 2.24) is 10.6 Å². The summed E-state index contributed by atoms with van der Waals surface area (Å²) in [6.07, 6.45) is 6.06. The average molecular weight is 450 g/mol. The van der Waals surface area contributed by atoms with E-state index in [4.69, 9.17) is 4.99 Å². The van der Waals surface area contributed by atoms with Gasteiger partial charge in [-0.25, -0.2) is 0 Å². The first-order valence-electron chi connectivity index (χ1n) is 8.66. The zero-order chi connectivity index (χ0) is 15.6. The number of nitrogens with zero attached hydrogens (tertiary/aromatic N) is 2. The highest BCUT2D eigenvalue weighted by atomic mass is 127. The molecule has 0 radical (unpaired) electrons. The van der Waals surface area contributed by atoms with Gasteiger partial charge in [0.15, 0.2) is 5.96 Å². The molecule has 0 unspecified atom stereocenters. The molecule has 1 aliphatic heterocycles. The van der Waals surface area contributed by atoms with Gasteiger partial charge in [-0.2, -0.15) is 0 Å². The topological polar surface area (TPSA) is 39.7 Å². The molecule has 0 amide bonds. The normalized spacial score (nSPS) is 16.1. The van der Waals surface area contributed by atoms with E-state index >= 15 is 0 Å². The van der Waals surface area contributed by atoms with Crippen molar-refractivity contribution in [3.63, 3.8) is 0 Å². The largest absolute Gasteiger partial charge is 0.363 e. The summed E-state index contributed by atoms with van der Waals surface area (Å²) >= 11 is 1.84. The second-order valence-corrected chi connectivity index (χ2v) is 6.75. The van der Waals surface area contributed by atoms with E-state index in [1.54, 1.807) is 0 Å². The highest BCUT2D eigenvalue weighted by Crippen LogP contribution is 2.24. The van der Waals surface area contributed by atoms with Crippen LogP contribution in [0.15, 0.2) is 22.5 Å². The number of thiophene rings is 1. The molecular weight excluding hydrogens is 419 g/mol. The van der Waals surface area contributed by atoms with E-state index in [2.05, 4.69) is 46.9 Å². The van der Waals surface area contributed by atoms with Crippen molar-refractivity contribution in [3.05, 3.63) is 17.5 Å². The summed E-state index contributed by atoms with van der Waals surface area (Å²) < 4.78 is 0. The summed E-state index contributed by atoms with van der Waals surface area (Å²) in [4.78, 5) is 7.19. The molecule has 132 valence electrons. The van der Waals surface area contributed by atoms with Gasteiger partial charge in [0.25, 0.3) is 0 Å². The molecule has 2 heterocycles. The lowest BCUT2D eigenvalue weighted by Crippen LogP contribution is -2.48. The van der Waals surface area contributed by atoms with Crippen LogP contribution >= 0.6 is 35.3 Å². The van der Waals surface area contributed by atoms with Crippen LogP contribution in [0.4, 0.5) is 5.00 Å². The maximum atomic E-state index is 4.70. The molecule has 23 heavy (non-hydrogen) atoms. The summed E-state index contributed by atoms with van der Waals surface area (Å²) in [7, 11) is 0. The van der Waals surface area contributed by atoms with Gasteiger partial charge in [0.1, 0.15) is 0 Å². The molecule has 4 nitrogen and oxygen atoms in total. The lowest BCUT2D eigenvalue weighted by atomic mass is 10.1. The van der Waals surface area contributed by atoms with Gasteiger partial charge in [0.2, 0.25) is 0 Å². The Balaban J connectivity index is 0.00000264. The summed E-state index contributed by atoms with van der Waals surface area (Å²) in [6.45, 7) is 8.48. The van der Waals surface area contributed by atoms with Crippen molar-refractivity contribution in [3.8, 4) is 0 Å². The second-order valence-electron chi connectivity index (χ2n) is 5.82. The maximum absolute atomic E-state index is 4.70. The Morgan fingerprint density at radius 1 is 1.30 bits per heavy atom. The van der Waals surface area contributed by atoms with E-state index in [0.29, 0.717) is 6.04 Å². The van der Waals surface area contributed by atoms with Crippen LogP contribution in [-0.4, -0.2) is 38.2 Å². The average Bonchev–Trinajstić information content (AvgIpc) is 3.07. The van der Waals surface area contributed by atoms with Crippen LogP contribution in [-0.2, 0) is 0 Å². The highest BCUT2D eigenvalue weighted by Gasteiger charge is 2.20. The molecule has 1 fully saturated rings. The van der Waals surface area contributed by atoms with Gasteiger partial charge in [0.05, 0.1) is 5.00 Å². The summed E-state index contributed by atoms with van der Waals surface area (Å²) in [5.74, 6) is 0.994. The van der Waals surface area contributed by atoms with Gasteiger partial charge >= 0.3 is 0 Å². The molecule has 0 aliphatic carbocycles. The number of guanidine groups is 1. The van der Waals surface area contributed by atoms with Crippen molar-refractivity contribution >= 4 is 46.3 Å². The molecule has 0 bridgehead atoms. The van der Waals surface area contributed by atoms with Crippen LogP contribution in [0.1, 0.15) is 46.0 Å². The fourth-order valence-corrected chi connectivity index (χ4v) is 3.55. The van der Waals surface area contributed by atoms with Crippen molar-refractivity contribution in [2.75, 3.05) is 31.1 Å².